The van der Waals surface area contributed by atoms with Gasteiger partial charge in [0.25, 0.3) is 0 Å². The molecule has 0 N–H and O–H groups in total. The Bertz CT molecular complexity index is 526. The maximum absolute atomic E-state index is 12.2. The van der Waals surface area contributed by atoms with E-state index in [1.165, 1.54) is 29.0 Å². The van der Waals surface area contributed by atoms with Gasteiger partial charge in [-0.05, 0) is 37.1 Å². The molecule has 0 bridgehead atoms. The minimum Gasteiger partial charge on any atom is -0.458 e. The van der Waals surface area contributed by atoms with E-state index in [1.807, 2.05) is 0 Å². The first kappa shape index (κ1) is 12.0. The van der Waals surface area contributed by atoms with Crippen molar-refractivity contribution in [2.45, 2.75) is 43.0 Å². The third kappa shape index (κ3) is 1.80. The summed E-state index contributed by atoms with van der Waals surface area (Å²) in [6.07, 6.45) is 8.10. The average molecular weight is 292 g/mol. The molecule has 0 aromatic carbocycles. The fourth-order valence-corrected chi connectivity index (χ4v) is 5.83. The van der Waals surface area contributed by atoms with E-state index in [4.69, 9.17) is 4.74 Å². The zero-order valence-electron chi connectivity index (χ0n) is 10.6. The van der Waals surface area contributed by atoms with Gasteiger partial charge in [0.1, 0.15) is 10.9 Å². The van der Waals surface area contributed by atoms with Crippen LogP contribution in [-0.4, -0.2) is 16.8 Å². The van der Waals surface area contributed by atoms with Crippen LogP contribution in [0.15, 0.2) is 23.6 Å². The van der Waals surface area contributed by atoms with Crippen LogP contribution in [0.3, 0.4) is 0 Å². The molecular weight excluding hydrogens is 276 g/mol. The Balaban J connectivity index is 1.69. The molecule has 1 saturated carbocycles. The van der Waals surface area contributed by atoms with Crippen LogP contribution in [0.2, 0.25) is 0 Å². The SMILES string of the molecule is O=C1OC2(CCCCC2)[C@@H]2C=C(c3cccs3)S[C@H]12. The second kappa shape index (κ2) is 4.38. The highest BCUT2D eigenvalue weighted by Crippen LogP contribution is 2.56. The van der Waals surface area contributed by atoms with Gasteiger partial charge in [-0.3, -0.25) is 4.79 Å². The van der Waals surface area contributed by atoms with Crippen molar-refractivity contribution in [2.75, 3.05) is 0 Å². The normalized spacial score (nSPS) is 32.2. The van der Waals surface area contributed by atoms with Crippen molar-refractivity contribution >= 4 is 34.0 Å². The summed E-state index contributed by atoms with van der Waals surface area (Å²) in [4.78, 5) is 14.7. The molecule has 0 radical (unpaired) electrons. The maximum atomic E-state index is 12.2. The van der Waals surface area contributed by atoms with Gasteiger partial charge >= 0.3 is 5.97 Å². The van der Waals surface area contributed by atoms with Gasteiger partial charge in [-0.25, -0.2) is 0 Å². The average Bonchev–Trinajstić information content (AvgIpc) is 3.11. The summed E-state index contributed by atoms with van der Waals surface area (Å²) in [5.41, 5.74) is -0.175. The molecule has 1 aliphatic carbocycles. The van der Waals surface area contributed by atoms with Crippen molar-refractivity contribution in [3.63, 3.8) is 0 Å². The van der Waals surface area contributed by atoms with E-state index in [0.29, 0.717) is 5.92 Å². The number of thioether (sulfide) groups is 1. The van der Waals surface area contributed by atoms with Gasteiger partial charge in [-0.1, -0.05) is 18.6 Å². The molecule has 4 rings (SSSR count). The van der Waals surface area contributed by atoms with Crippen LogP contribution in [0.5, 0.6) is 0 Å². The fourth-order valence-electron chi connectivity index (χ4n) is 3.59. The van der Waals surface area contributed by atoms with Gasteiger partial charge in [0.05, 0.1) is 0 Å². The van der Waals surface area contributed by atoms with E-state index in [2.05, 4.69) is 23.6 Å². The Labute approximate surface area is 121 Å². The van der Waals surface area contributed by atoms with Crippen LogP contribution >= 0.6 is 23.1 Å². The maximum Gasteiger partial charge on any atom is 0.320 e. The largest absolute Gasteiger partial charge is 0.458 e. The predicted octanol–water partition coefficient (Wildman–Crippen LogP) is 4.08. The highest BCUT2D eigenvalue weighted by atomic mass is 32.2. The molecule has 0 unspecified atom stereocenters. The van der Waals surface area contributed by atoms with E-state index in [-0.39, 0.29) is 16.8 Å². The summed E-state index contributed by atoms with van der Waals surface area (Å²) in [6.45, 7) is 0. The number of carbonyl (C=O) groups is 1. The number of fused-ring (bicyclic) bond motifs is 2. The van der Waals surface area contributed by atoms with E-state index in [0.717, 1.165) is 12.8 Å². The molecule has 2 aliphatic heterocycles. The standard InChI is InChI=1S/C15H16O2S2/c16-14-13-10(15(17-14)6-2-1-3-7-15)9-12(19-13)11-5-4-8-18-11/h4-5,8-10,13H,1-3,6-7H2/t10-,13+/m1/s1. The van der Waals surface area contributed by atoms with Crippen molar-refractivity contribution in [3.8, 4) is 0 Å². The molecule has 3 heterocycles. The molecule has 100 valence electrons. The molecule has 1 aromatic heterocycles. The van der Waals surface area contributed by atoms with Gasteiger partial charge in [-0.15, -0.1) is 23.1 Å². The van der Waals surface area contributed by atoms with Crippen LogP contribution in [0, 0.1) is 5.92 Å². The van der Waals surface area contributed by atoms with E-state index >= 15 is 0 Å². The van der Waals surface area contributed by atoms with Gasteiger partial charge in [-0.2, -0.15) is 0 Å². The van der Waals surface area contributed by atoms with Crippen LogP contribution in [0.1, 0.15) is 37.0 Å². The molecular formula is C15H16O2S2. The molecule has 2 nitrogen and oxygen atoms in total. The smallest absolute Gasteiger partial charge is 0.320 e. The summed E-state index contributed by atoms with van der Waals surface area (Å²) in [6, 6.07) is 4.22. The Kier molecular flexibility index (Phi) is 2.78. The Morgan fingerprint density at radius 2 is 2.11 bits per heavy atom. The third-order valence-corrected chi connectivity index (χ3v) is 6.90. The number of ether oxygens (including phenoxy) is 1. The lowest BCUT2D eigenvalue weighted by Crippen LogP contribution is -2.37. The summed E-state index contributed by atoms with van der Waals surface area (Å²) in [7, 11) is 0. The third-order valence-electron chi connectivity index (χ3n) is 4.52. The van der Waals surface area contributed by atoms with Gasteiger partial charge in [0.2, 0.25) is 0 Å². The van der Waals surface area contributed by atoms with Crippen LogP contribution in [0.4, 0.5) is 0 Å². The molecule has 0 amide bonds. The summed E-state index contributed by atoms with van der Waals surface area (Å²) in [5, 5.41) is 2.11. The quantitative estimate of drug-likeness (QED) is 0.730. The molecule has 2 fully saturated rings. The van der Waals surface area contributed by atoms with Crippen LogP contribution in [-0.2, 0) is 9.53 Å². The number of thiophene rings is 1. The second-order valence-corrected chi connectivity index (χ2v) is 7.75. The van der Waals surface area contributed by atoms with Crippen molar-refractivity contribution in [3.05, 3.63) is 28.5 Å². The second-order valence-electron chi connectivity index (χ2n) is 5.62. The molecule has 1 saturated heterocycles. The number of carbonyl (C=O) groups excluding carboxylic acids is 1. The highest BCUT2D eigenvalue weighted by Gasteiger charge is 2.57. The lowest BCUT2D eigenvalue weighted by Gasteiger charge is -2.35. The van der Waals surface area contributed by atoms with E-state index < -0.39 is 0 Å². The van der Waals surface area contributed by atoms with Crippen molar-refractivity contribution in [1.29, 1.82) is 0 Å². The Morgan fingerprint density at radius 1 is 1.26 bits per heavy atom. The first-order valence-electron chi connectivity index (χ1n) is 6.94. The van der Waals surface area contributed by atoms with Crippen LogP contribution < -0.4 is 0 Å². The molecule has 3 aliphatic rings. The Hall–Kier alpha value is -0.740. The van der Waals surface area contributed by atoms with E-state index in [1.54, 1.807) is 23.1 Å². The number of hydrogen-bond acceptors (Lipinski definition) is 4. The van der Waals surface area contributed by atoms with Gasteiger partial charge in [0.15, 0.2) is 0 Å². The predicted molar refractivity (Wildman–Crippen MR) is 79.1 cm³/mol. The first-order chi connectivity index (χ1) is 9.28. The van der Waals surface area contributed by atoms with Gasteiger partial charge < -0.3 is 4.74 Å². The molecule has 1 aromatic rings. The first-order valence-corrected chi connectivity index (χ1v) is 8.70. The summed E-state index contributed by atoms with van der Waals surface area (Å²) in [5.74, 6) is 0.308. The summed E-state index contributed by atoms with van der Waals surface area (Å²) < 4.78 is 5.82. The van der Waals surface area contributed by atoms with E-state index in [9.17, 15) is 4.79 Å². The van der Waals surface area contributed by atoms with Crippen molar-refractivity contribution in [2.24, 2.45) is 5.92 Å². The molecule has 4 heteroatoms. The summed E-state index contributed by atoms with van der Waals surface area (Å²) >= 11 is 3.47. The molecule has 2 atom stereocenters. The Morgan fingerprint density at radius 3 is 2.84 bits per heavy atom. The molecule has 19 heavy (non-hydrogen) atoms. The number of rotatable bonds is 1. The topological polar surface area (TPSA) is 26.3 Å². The van der Waals surface area contributed by atoms with Crippen molar-refractivity contribution < 1.29 is 9.53 Å². The minimum atomic E-state index is -0.175. The highest BCUT2D eigenvalue weighted by molar-refractivity contribution is 8.10. The van der Waals surface area contributed by atoms with Gasteiger partial charge in [0, 0.05) is 15.7 Å². The monoisotopic (exact) mass is 292 g/mol. The van der Waals surface area contributed by atoms with Crippen molar-refractivity contribution in [1.82, 2.24) is 0 Å². The fraction of sp³-hybridized carbons (Fsp3) is 0.533. The zero-order valence-corrected chi connectivity index (χ0v) is 12.3. The molecule has 1 spiro atoms. The lowest BCUT2D eigenvalue weighted by atomic mass is 9.75. The van der Waals surface area contributed by atoms with Crippen LogP contribution in [0.25, 0.3) is 4.91 Å². The number of hydrogen-bond donors (Lipinski definition) is 0. The minimum absolute atomic E-state index is 0.00944. The lowest BCUT2D eigenvalue weighted by molar-refractivity contribution is -0.151. The number of esters is 1. The zero-order chi connectivity index (χ0) is 12.9.